The Morgan fingerprint density at radius 2 is 2.12 bits per heavy atom. The highest BCUT2D eigenvalue weighted by molar-refractivity contribution is 7.89. The van der Waals surface area contributed by atoms with E-state index in [0.717, 1.165) is 0 Å². The van der Waals surface area contributed by atoms with Gasteiger partial charge in [-0.25, -0.2) is 8.42 Å². The first-order chi connectivity index (χ1) is 11.2. The molecule has 24 heavy (non-hydrogen) atoms. The van der Waals surface area contributed by atoms with Gasteiger partial charge in [0, 0.05) is 13.6 Å². The summed E-state index contributed by atoms with van der Waals surface area (Å²) in [6, 6.07) is 5.33. The zero-order chi connectivity index (χ0) is 18.3. The molecule has 1 aromatic carbocycles. The van der Waals surface area contributed by atoms with Crippen LogP contribution in [0, 0.1) is 23.7 Å². The van der Waals surface area contributed by atoms with Crippen molar-refractivity contribution in [3.63, 3.8) is 0 Å². The molecule has 0 aliphatic heterocycles. The van der Waals surface area contributed by atoms with Crippen molar-refractivity contribution in [2.45, 2.75) is 24.8 Å². The van der Waals surface area contributed by atoms with Gasteiger partial charge in [0.15, 0.2) is 0 Å². The number of amides is 1. The summed E-state index contributed by atoms with van der Waals surface area (Å²) >= 11 is 0. The van der Waals surface area contributed by atoms with Crippen molar-refractivity contribution in [3.8, 4) is 18.4 Å². The van der Waals surface area contributed by atoms with Gasteiger partial charge in [-0.15, -0.1) is 6.42 Å². The molecular weight excluding hydrogens is 328 g/mol. The van der Waals surface area contributed by atoms with Crippen LogP contribution in [-0.2, 0) is 14.8 Å². The minimum Gasteiger partial charge on any atom is -0.375 e. The molecule has 0 saturated carbocycles. The molecule has 0 heterocycles. The molecule has 1 amide bonds. The molecule has 2 N–H and O–H groups in total. The summed E-state index contributed by atoms with van der Waals surface area (Å²) in [5, 5.41) is 11.8. The van der Waals surface area contributed by atoms with Crippen molar-refractivity contribution >= 4 is 21.6 Å². The number of terminal acetylenes is 1. The Kier molecular flexibility index (Phi) is 6.78. The van der Waals surface area contributed by atoms with Crippen LogP contribution in [0.25, 0.3) is 0 Å². The molecule has 0 fully saturated rings. The van der Waals surface area contributed by atoms with Gasteiger partial charge in [0.05, 0.1) is 29.9 Å². The Hall–Kier alpha value is -2.55. The number of hydrogen-bond donors (Lipinski definition) is 2. The molecule has 1 aromatic rings. The van der Waals surface area contributed by atoms with Crippen molar-refractivity contribution < 1.29 is 13.2 Å². The zero-order valence-electron chi connectivity index (χ0n) is 13.8. The first kappa shape index (κ1) is 19.5. The second kappa shape index (κ2) is 8.34. The van der Waals surface area contributed by atoms with Gasteiger partial charge >= 0.3 is 0 Å². The second-order valence-electron chi connectivity index (χ2n) is 5.09. The smallest absolute Gasteiger partial charge is 0.243 e. The number of likely N-dealkylation sites (N-methyl/N-ethyl adjacent to an activating group) is 1. The number of rotatable bonds is 7. The lowest BCUT2D eigenvalue weighted by molar-refractivity contribution is -0.127. The number of sulfonamides is 1. The minimum absolute atomic E-state index is 0.0736. The van der Waals surface area contributed by atoms with Gasteiger partial charge in [-0.1, -0.05) is 5.92 Å². The maximum atomic E-state index is 12.4. The van der Waals surface area contributed by atoms with Crippen LogP contribution < -0.4 is 10.0 Å². The fraction of sp³-hybridized carbons (Fsp3) is 0.375. The predicted octanol–water partition coefficient (Wildman–Crippen LogP) is 0.748. The largest absolute Gasteiger partial charge is 0.375 e. The third-order valence-corrected chi connectivity index (χ3v) is 4.91. The van der Waals surface area contributed by atoms with Crippen LogP contribution in [0.3, 0.4) is 0 Å². The maximum absolute atomic E-state index is 12.4. The van der Waals surface area contributed by atoms with Crippen molar-refractivity contribution in [1.29, 1.82) is 5.26 Å². The number of benzene rings is 1. The van der Waals surface area contributed by atoms with E-state index in [1.54, 1.807) is 7.05 Å². The SMILES string of the molecule is C#CC(C)NS(=O)(=O)c1ccc(C#N)cc1NCC(=O)N(C)CC. The Labute approximate surface area is 142 Å². The lowest BCUT2D eigenvalue weighted by Gasteiger charge is -2.17. The fourth-order valence-corrected chi connectivity index (χ4v) is 3.11. The van der Waals surface area contributed by atoms with E-state index in [4.69, 9.17) is 11.7 Å². The van der Waals surface area contributed by atoms with Crippen molar-refractivity contribution in [2.75, 3.05) is 25.5 Å². The van der Waals surface area contributed by atoms with Gasteiger partial charge in [-0.3, -0.25) is 4.79 Å². The standard InChI is InChI=1S/C16H20N4O3S/c1-5-12(3)19-24(22,23)15-8-7-13(10-17)9-14(15)18-11-16(21)20(4)6-2/h1,7-9,12,18-19H,6,11H2,2-4H3. The molecule has 0 aliphatic carbocycles. The Bertz CT molecular complexity index is 791. The van der Waals surface area contributed by atoms with E-state index < -0.39 is 16.1 Å². The number of nitrogens with zero attached hydrogens (tertiary/aromatic N) is 2. The third kappa shape index (κ3) is 4.98. The third-order valence-electron chi connectivity index (χ3n) is 3.31. The molecule has 0 spiro atoms. The molecule has 1 atom stereocenters. The molecule has 0 aliphatic rings. The van der Waals surface area contributed by atoms with Crippen LogP contribution in [-0.4, -0.2) is 45.4 Å². The molecular formula is C16H20N4O3S. The van der Waals surface area contributed by atoms with E-state index in [9.17, 15) is 13.2 Å². The summed E-state index contributed by atoms with van der Waals surface area (Å²) in [5.74, 6) is 2.08. The summed E-state index contributed by atoms with van der Waals surface area (Å²) in [4.78, 5) is 13.3. The number of carbonyl (C=O) groups excluding carboxylic acids is 1. The Morgan fingerprint density at radius 1 is 1.46 bits per heavy atom. The molecule has 1 rings (SSSR count). The molecule has 128 valence electrons. The molecule has 1 unspecified atom stereocenters. The van der Waals surface area contributed by atoms with Gasteiger partial charge in [-0.05, 0) is 32.0 Å². The second-order valence-corrected chi connectivity index (χ2v) is 6.78. The van der Waals surface area contributed by atoms with Gasteiger partial charge in [0.2, 0.25) is 15.9 Å². The lowest BCUT2D eigenvalue weighted by Crippen LogP contribution is -2.34. The highest BCUT2D eigenvalue weighted by Gasteiger charge is 2.21. The monoisotopic (exact) mass is 348 g/mol. The van der Waals surface area contributed by atoms with Crippen LogP contribution in [0.15, 0.2) is 23.1 Å². The molecule has 0 bridgehead atoms. The summed E-state index contributed by atoms with van der Waals surface area (Å²) in [6.07, 6.45) is 5.20. The van der Waals surface area contributed by atoms with Crippen LogP contribution in [0.5, 0.6) is 0 Å². The van der Waals surface area contributed by atoms with Crippen LogP contribution in [0.1, 0.15) is 19.4 Å². The first-order valence-electron chi connectivity index (χ1n) is 7.25. The van der Waals surface area contributed by atoms with Crippen LogP contribution in [0.4, 0.5) is 5.69 Å². The Balaban J connectivity index is 3.16. The fourth-order valence-electron chi connectivity index (χ4n) is 1.78. The average molecular weight is 348 g/mol. The van der Waals surface area contributed by atoms with Crippen LogP contribution in [0.2, 0.25) is 0 Å². The van der Waals surface area contributed by atoms with Crippen molar-refractivity contribution in [3.05, 3.63) is 23.8 Å². The van der Waals surface area contributed by atoms with E-state index >= 15 is 0 Å². The highest BCUT2D eigenvalue weighted by Crippen LogP contribution is 2.23. The van der Waals surface area contributed by atoms with Gasteiger partial charge in [0.25, 0.3) is 0 Å². The van der Waals surface area contributed by atoms with Gasteiger partial charge in [-0.2, -0.15) is 9.98 Å². The maximum Gasteiger partial charge on any atom is 0.243 e. The molecule has 0 aromatic heterocycles. The number of anilines is 1. The number of hydrogen-bond acceptors (Lipinski definition) is 5. The number of nitrogens with one attached hydrogen (secondary N) is 2. The zero-order valence-corrected chi connectivity index (χ0v) is 14.6. The summed E-state index contributed by atoms with van der Waals surface area (Å²) in [6.45, 7) is 3.81. The first-order valence-corrected chi connectivity index (χ1v) is 8.74. The molecule has 7 nitrogen and oxygen atoms in total. The summed E-state index contributed by atoms with van der Waals surface area (Å²) in [7, 11) is -2.25. The summed E-state index contributed by atoms with van der Waals surface area (Å²) < 4.78 is 27.2. The molecule has 0 saturated heterocycles. The number of carbonyl (C=O) groups is 1. The predicted molar refractivity (Wildman–Crippen MR) is 91.6 cm³/mol. The Morgan fingerprint density at radius 3 is 2.67 bits per heavy atom. The van der Waals surface area contributed by atoms with Gasteiger partial charge in [0.1, 0.15) is 4.90 Å². The van der Waals surface area contributed by atoms with Gasteiger partial charge < -0.3 is 10.2 Å². The van der Waals surface area contributed by atoms with E-state index in [0.29, 0.717) is 6.54 Å². The lowest BCUT2D eigenvalue weighted by atomic mass is 10.2. The molecule has 0 radical (unpaired) electrons. The highest BCUT2D eigenvalue weighted by atomic mass is 32.2. The van der Waals surface area contributed by atoms with E-state index in [2.05, 4.69) is 16.0 Å². The van der Waals surface area contributed by atoms with E-state index in [-0.39, 0.29) is 28.6 Å². The topological polar surface area (TPSA) is 102 Å². The van der Waals surface area contributed by atoms with Crippen LogP contribution >= 0.6 is 0 Å². The normalized spacial score (nSPS) is 11.9. The van der Waals surface area contributed by atoms with Crippen molar-refractivity contribution in [2.24, 2.45) is 0 Å². The van der Waals surface area contributed by atoms with Crippen molar-refractivity contribution in [1.82, 2.24) is 9.62 Å². The average Bonchev–Trinajstić information content (AvgIpc) is 2.57. The quantitative estimate of drug-likeness (QED) is 0.708. The van der Waals surface area contributed by atoms with E-state index in [1.807, 2.05) is 13.0 Å². The van der Waals surface area contributed by atoms with E-state index in [1.165, 1.54) is 30.0 Å². The number of nitriles is 1. The molecule has 8 heteroatoms. The summed E-state index contributed by atoms with van der Waals surface area (Å²) in [5.41, 5.74) is 0.446. The minimum atomic E-state index is -3.89.